The zero-order valence-corrected chi connectivity index (χ0v) is 9.93. The highest BCUT2D eigenvalue weighted by molar-refractivity contribution is 5.45. The lowest BCUT2D eigenvalue weighted by molar-refractivity contribution is 0.135. The first-order valence-electron chi connectivity index (χ1n) is 5.08. The number of rotatable bonds is 4. The van der Waals surface area contributed by atoms with Gasteiger partial charge < -0.3 is 19.5 Å². The van der Waals surface area contributed by atoms with Gasteiger partial charge >= 0.3 is 0 Å². The molecule has 0 radical (unpaired) electrons. The van der Waals surface area contributed by atoms with Gasteiger partial charge in [-0.2, -0.15) is 4.98 Å². The fraction of sp³-hybridized carbons (Fsp3) is 0.500. The quantitative estimate of drug-likeness (QED) is 0.842. The first kappa shape index (κ1) is 11.7. The highest BCUT2D eigenvalue weighted by Gasteiger charge is 2.28. The molecule has 2 heterocycles. The van der Waals surface area contributed by atoms with E-state index in [4.69, 9.17) is 19.5 Å². The molecule has 0 aliphatic heterocycles. The molecule has 0 bridgehead atoms. The number of hydrogen-bond donors (Lipinski definition) is 1. The average molecular weight is 238 g/mol. The van der Waals surface area contributed by atoms with E-state index in [1.807, 2.05) is 0 Å². The summed E-state index contributed by atoms with van der Waals surface area (Å²) < 4.78 is 15.0. The summed E-state index contributed by atoms with van der Waals surface area (Å²) in [5.74, 6) is 1.33. The van der Waals surface area contributed by atoms with Crippen molar-refractivity contribution in [1.82, 2.24) is 15.3 Å². The number of methoxy groups -OCH3 is 1. The van der Waals surface area contributed by atoms with Gasteiger partial charge in [0.05, 0.1) is 6.61 Å². The Balaban J connectivity index is 2.27. The highest BCUT2D eigenvalue weighted by atomic mass is 16.5. The van der Waals surface area contributed by atoms with E-state index >= 15 is 0 Å². The van der Waals surface area contributed by atoms with Gasteiger partial charge in [0, 0.05) is 13.2 Å². The molecular formula is C10H14N4O3. The summed E-state index contributed by atoms with van der Waals surface area (Å²) in [6.45, 7) is 3.84. The normalized spacial score (nSPS) is 14.8. The molecule has 7 heteroatoms. The highest BCUT2D eigenvalue weighted by Crippen LogP contribution is 2.20. The minimum Gasteiger partial charge on any atom is -0.382 e. The molecule has 0 amide bonds. The molecule has 0 fully saturated rings. The first-order chi connectivity index (χ1) is 8.03. The number of nitrogens with zero attached hydrogens (tertiary/aromatic N) is 3. The van der Waals surface area contributed by atoms with Crippen LogP contribution in [0.1, 0.15) is 18.5 Å². The van der Waals surface area contributed by atoms with Crippen LogP contribution in [0.4, 0.5) is 0 Å². The molecule has 2 aromatic heterocycles. The molecule has 92 valence electrons. The van der Waals surface area contributed by atoms with Crippen molar-refractivity contribution in [2.24, 2.45) is 5.73 Å². The van der Waals surface area contributed by atoms with E-state index in [1.54, 1.807) is 27.0 Å². The van der Waals surface area contributed by atoms with Crippen LogP contribution in [0.2, 0.25) is 0 Å². The predicted molar refractivity (Wildman–Crippen MR) is 57.9 cm³/mol. The Kier molecular flexibility index (Phi) is 2.95. The summed E-state index contributed by atoms with van der Waals surface area (Å²) in [7, 11) is 1.56. The van der Waals surface area contributed by atoms with Crippen LogP contribution in [0.25, 0.3) is 11.6 Å². The lowest BCUT2D eigenvalue weighted by atomic mass is 10.1. The van der Waals surface area contributed by atoms with E-state index in [9.17, 15) is 0 Å². The number of nitrogens with two attached hydrogens (primary N) is 1. The minimum absolute atomic E-state index is 0.282. The summed E-state index contributed by atoms with van der Waals surface area (Å²) in [5.41, 5.74) is 5.69. The van der Waals surface area contributed by atoms with Gasteiger partial charge in [0.1, 0.15) is 11.3 Å². The van der Waals surface area contributed by atoms with E-state index in [0.717, 1.165) is 0 Å². The second kappa shape index (κ2) is 4.27. The number of aryl methyl sites for hydroxylation is 1. The fourth-order valence-corrected chi connectivity index (χ4v) is 1.39. The van der Waals surface area contributed by atoms with Gasteiger partial charge in [0.25, 0.3) is 5.89 Å². The van der Waals surface area contributed by atoms with Crippen LogP contribution in [-0.4, -0.2) is 29.0 Å². The zero-order chi connectivity index (χ0) is 12.5. The van der Waals surface area contributed by atoms with Crippen LogP contribution >= 0.6 is 0 Å². The molecule has 17 heavy (non-hydrogen) atoms. The van der Waals surface area contributed by atoms with E-state index < -0.39 is 5.54 Å². The first-order valence-corrected chi connectivity index (χ1v) is 5.08. The second-order valence-corrected chi connectivity index (χ2v) is 4.10. The zero-order valence-electron chi connectivity index (χ0n) is 9.93. The SMILES string of the molecule is COCC(C)(N)c1noc(-c2cc(C)on2)n1. The molecule has 0 aliphatic rings. The summed E-state index contributed by atoms with van der Waals surface area (Å²) in [6, 6.07) is 1.71. The van der Waals surface area contributed by atoms with Crippen LogP contribution in [0.3, 0.4) is 0 Å². The third-order valence-electron chi connectivity index (χ3n) is 2.23. The van der Waals surface area contributed by atoms with Gasteiger partial charge in [-0.15, -0.1) is 0 Å². The Hall–Kier alpha value is -1.73. The Labute approximate surface area is 97.9 Å². The molecule has 1 unspecified atom stereocenters. The van der Waals surface area contributed by atoms with Crippen LogP contribution < -0.4 is 5.73 Å². The molecule has 2 rings (SSSR count). The van der Waals surface area contributed by atoms with Crippen LogP contribution in [-0.2, 0) is 10.3 Å². The van der Waals surface area contributed by atoms with Crippen molar-refractivity contribution in [2.45, 2.75) is 19.4 Å². The molecule has 1 atom stereocenters. The lowest BCUT2D eigenvalue weighted by Crippen LogP contribution is -2.38. The van der Waals surface area contributed by atoms with Crippen molar-refractivity contribution in [3.05, 3.63) is 17.7 Å². The largest absolute Gasteiger partial charge is 0.382 e. The monoisotopic (exact) mass is 238 g/mol. The fourth-order valence-electron chi connectivity index (χ4n) is 1.39. The molecule has 2 aromatic rings. The Morgan fingerprint density at radius 3 is 2.76 bits per heavy atom. The van der Waals surface area contributed by atoms with Crippen molar-refractivity contribution >= 4 is 0 Å². The van der Waals surface area contributed by atoms with Crippen molar-refractivity contribution in [3.63, 3.8) is 0 Å². The molecular weight excluding hydrogens is 224 g/mol. The molecule has 0 aliphatic carbocycles. The van der Waals surface area contributed by atoms with Gasteiger partial charge in [0.2, 0.25) is 0 Å². The summed E-state index contributed by atoms with van der Waals surface area (Å²) in [5, 5.41) is 7.60. The molecule has 0 spiro atoms. The minimum atomic E-state index is -0.796. The second-order valence-electron chi connectivity index (χ2n) is 4.10. The van der Waals surface area contributed by atoms with Crippen molar-refractivity contribution in [1.29, 1.82) is 0 Å². The van der Waals surface area contributed by atoms with Crippen LogP contribution in [0, 0.1) is 6.92 Å². The molecule has 0 saturated carbocycles. The van der Waals surface area contributed by atoms with Crippen molar-refractivity contribution < 1.29 is 13.8 Å². The molecule has 7 nitrogen and oxygen atoms in total. The summed E-state index contributed by atoms with van der Waals surface area (Å²) in [4.78, 5) is 4.18. The number of aromatic nitrogens is 3. The Bertz CT molecular complexity index is 503. The molecule has 0 saturated heterocycles. The van der Waals surface area contributed by atoms with Gasteiger partial charge in [-0.3, -0.25) is 0 Å². The van der Waals surface area contributed by atoms with E-state index in [-0.39, 0.29) is 5.89 Å². The molecule has 0 aromatic carbocycles. The van der Waals surface area contributed by atoms with E-state index in [0.29, 0.717) is 23.9 Å². The Morgan fingerprint density at radius 2 is 2.18 bits per heavy atom. The van der Waals surface area contributed by atoms with Gasteiger partial charge in [-0.25, -0.2) is 0 Å². The van der Waals surface area contributed by atoms with Gasteiger partial charge in [-0.05, 0) is 13.8 Å². The maximum atomic E-state index is 5.99. The standard InChI is InChI=1S/C10H14N4O3/c1-6-4-7(13-16-6)8-12-9(14-17-8)10(2,11)5-15-3/h4H,5,11H2,1-3H3. The maximum absolute atomic E-state index is 5.99. The maximum Gasteiger partial charge on any atom is 0.280 e. The van der Waals surface area contributed by atoms with Crippen LogP contribution in [0.5, 0.6) is 0 Å². The van der Waals surface area contributed by atoms with E-state index in [1.165, 1.54) is 0 Å². The topological polar surface area (TPSA) is 100 Å². The average Bonchev–Trinajstić information content (AvgIpc) is 2.85. The smallest absolute Gasteiger partial charge is 0.280 e. The number of ether oxygens (including phenoxy) is 1. The van der Waals surface area contributed by atoms with E-state index in [2.05, 4.69) is 15.3 Å². The lowest BCUT2D eigenvalue weighted by Gasteiger charge is -2.18. The Morgan fingerprint density at radius 1 is 1.41 bits per heavy atom. The third-order valence-corrected chi connectivity index (χ3v) is 2.23. The van der Waals surface area contributed by atoms with Gasteiger partial charge in [-0.1, -0.05) is 10.3 Å². The summed E-state index contributed by atoms with van der Waals surface area (Å²) >= 11 is 0. The summed E-state index contributed by atoms with van der Waals surface area (Å²) in [6.07, 6.45) is 0. The number of hydrogen-bond acceptors (Lipinski definition) is 7. The third kappa shape index (κ3) is 2.34. The van der Waals surface area contributed by atoms with Gasteiger partial charge in [0.15, 0.2) is 11.5 Å². The van der Waals surface area contributed by atoms with Crippen molar-refractivity contribution in [3.8, 4) is 11.6 Å². The molecule has 2 N–H and O–H groups in total. The van der Waals surface area contributed by atoms with Crippen molar-refractivity contribution in [2.75, 3.05) is 13.7 Å². The predicted octanol–water partition coefficient (Wildman–Crippen LogP) is 0.853. The van der Waals surface area contributed by atoms with Crippen LogP contribution in [0.15, 0.2) is 15.1 Å².